The Kier molecular flexibility index (Phi) is 4.10. The van der Waals surface area contributed by atoms with Gasteiger partial charge in [-0.2, -0.15) is 5.10 Å². The first-order valence-corrected chi connectivity index (χ1v) is 6.35. The minimum atomic E-state index is 0.236. The number of carbonyl (C=O) groups is 1. The zero-order valence-electron chi connectivity index (χ0n) is 10.9. The van der Waals surface area contributed by atoms with Crippen molar-refractivity contribution in [2.75, 3.05) is 13.1 Å². The Morgan fingerprint density at radius 2 is 2.17 bits per heavy atom. The lowest BCUT2D eigenvalue weighted by molar-refractivity contribution is -0.118. The Balaban J connectivity index is 2.10. The van der Waals surface area contributed by atoms with Crippen molar-refractivity contribution < 1.29 is 4.79 Å². The van der Waals surface area contributed by atoms with Crippen molar-refractivity contribution >= 4 is 16.7 Å². The number of carbonyl (C=O) groups excluding carboxylic acids is 1. The van der Waals surface area contributed by atoms with E-state index in [1.54, 1.807) is 0 Å². The Labute approximate surface area is 107 Å². The second-order valence-corrected chi connectivity index (χ2v) is 4.41. The first-order chi connectivity index (χ1) is 8.72. The number of aryl methyl sites for hydroxylation is 1. The largest absolute Gasteiger partial charge is 0.317 e. The van der Waals surface area contributed by atoms with Crippen molar-refractivity contribution in [3.63, 3.8) is 0 Å². The van der Waals surface area contributed by atoms with E-state index in [-0.39, 0.29) is 5.78 Å². The Morgan fingerprint density at radius 1 is 1.39 bits per heavy atom. The topological polar surface area (TPSA) is 46.9 Å². The molecule has 0 spiro atoms. The van der Waals surface area contributed by atoms with Crippen LogP contribution in [0, 0.1) is 0 Å². The number of rotatable bonds is 6. The molecule has 1 N–H and O–H groups in total. The van der Waals surface area contributed by atoms with E-state index in [2.05, 4.69) is 10.4 Å². The van der Waals surface area contributed by atoms with E-state index in [0.29, 0.717) is 12.8 Å². The van der Waals surface area contributed by atoms with Crippen molar-refractivity contribution in [3.05, 3.63) is 30.0 Å². The first kappa shape index (κ1) is 12.8. The van der Waals surface area contributed by atoms with Gasteiger partial charge in [0.15, 0.2) is 0 Å². The molecule has 18 heavy (non-hydrogen) atoms. The fourth-order valence-electron chi connectivity index (χ4n) is 2.10. The molecular formula is C14H19N3O. The zero-order chi connectivity index (χ0) is 13.0. The molecule has 0 saturated carbocycles. The van der Waals surface area contributed by atoms with E-state index >= 15 is 0 Å². The third kappa shape index (κ3) is 2.76. The van der Waals surface area contributed by atoms with Crippen LogP contribution in [-0.2, 0) is 18.3 Å². The lowest BCUT2D eigenvalue weighted by Crippen LogP contribution is -2.18. The van der Waals surface area contributed by atoms with Crippen molar-refractivity contribution in [2.45, 2.75) is 19.8 Å². The summed E-state index contributed by atoms with van der Waals surface area (Å²) in [5, 5.41) is 8.67. The quantitative estimate of drug-likeness (QED) is 0.788. The highest BCUT2D eigenvalue weighted by atomic mass is 16.1. The minimum Gasteiger partial charge on any atom is -0.317 e. The van der Waals surface area contributed by atoms with Gasteiger partial charge in [-0.15, -0.1) is 0 Å². The molecule has 1 aromatic heterocycles. The number of hydrogen-bond donors (Lipinski definition) is 1. The highest BCUT2D eigenvalue weighted by molar-refractivity contribution is 5.88. The van der Waals surface area contributed by atoms with E-state index in [4.69, 9.17) is 0 Å². The van der Waals surface area contributed by atoms with Crippen LogP contribution >= 0.6 is 0 Å². The summed E-state index contributed by atoms with van der Waals surface area (Å²) < 4.78 is 1.84. The number of nitrogens with one attached hydrogen (secondary N) is 1. The minimum absolute atomic E-state index is 0.236. The van der Waals surface area contributed by atoms with E-state index in [0.717, 1.165) is 29.7 Å². The van der Waals surface area contributed by atoms with Gasteiger partial charge >= 0.3 is 0 Å². The molecule has 4 heteroatoms. The van der Waals surface area contributed by atoms with Crippen LogP contribution in [0.4, 0.5) is 0 Å². The number of benzene rings is 1. The van der Waals surface area contributed by atoms with Gasteiger partial charge in [-0.25, -0.2) is 0 Å². The third-order valence-electron chi connectivity index (χ3n) is 3.03. The van der Waals surface area contributed by atoms with Crippen LogP contribution in [0.2, 0.25) is 0 Å². The number of fused-ring (bicyclic) bond motifs is 1. The van der Waals surface area contributed by atoms with Gasteiger partial charge < -0.3 is 5.32 Å². The highest BCUT2D eigenvalue weighted by Crippen LogP contribution is 2.18. The number of Topliss-reactive ketones (excluding diaryl/α,β-unsaturated/α-hetero) is 1. The molecule has 1 heterocycles. The van der Waals surface area contributed by atoms with Crippen LogP contribution in [0.3, 0.4) is 0 Å². The Bertz CT molecular complexity index is 545. The molecule has 0 atom stereocenters. The molecule has 0 unspecified atom stereocenters. The van der Waals surface area contributed by atoms with Gasteiger partial charge in [0.1, 0.15) is 5.78 Å². The molecular weight excluding hydrogens is 226 g/mol. The molecule has 0 radical (unpaired) electrons. The monoisotopic (exact) mass is 245 g/mol. The second kappa shape index (κ2) is 5.78. The molecule has 0 saturated heterocycles. The smallest absolute Gasteiger partial charge is 0.140 e. The predicted octanol–water partition coefficient (Wildman–Crippen LogP) is 1.68. The van der Waals surface area contributed by atoms with Gasteiger partial charge in [0, 0.05) is 25.4 Å². The molecule has 96 valence electrons. The molecule has 2 rings (SSSR count). The van der Waals surface area contributed by atoms with Crippen molar-refractivity contribution in [1.29, 1.82) is 0 Å². The van der Waals surface area contributed by atoms with E-state index in [9.17, 15) is 4.79 Å². The third-order valence-corrected chi connectivity index (χ3v) is 3.03. The second-order valence-electron chi connectivity index (χ2n) is 4.41. The van der Waals surface area contributed by atoms with Gasteiger partial charge in [-0.05, 0) is 12.6 Å². The summed E-state index contributed by atoms with van der Waals surface area (Å²) in [4.78, 5) is 11.9. The van der Waals surface area contributed by atoms with Crippen molar-refractivity contribution in [3.8, 4) is 0 Å². The lowest BCUT2D eigenvalue weighted by Gasteiger charge is -2.00. The fourth-order valence-corrected chi connectivity index (χ4v) is 2.10. The summed E-state index contributed by atoms with van der Waals surface area (Å²) in [6.07, 6.45) is 0.992. The molecule has 0 fully saturated rings. The van der Waals surface area contributed by atoms with Gasteiger partial charge in [0.2, 0.25) is 0 Å². The molecule has 0 aliphatic rings. The standard InChI is InChI=1S/C14H19N3O/c1-3-15-9-8-11(18)10-13-12-6-4-5-7-14(12)17(2)16-13/h4-7,15H,3,8-10H2,1-2H3. The zero-order valence-corrected chi connectivity index (χ0v) is 10.9. The number of aromatic nitrogens is 2. The summed E-state index contributed by atoms with van der Waals surface area (Å²) in [6, 6.07) is 8.02. The lowest BCUT2D eigenvalue weighted by atomic mass is 10.1. The number of para-hydroxylation sites is 1. The van der Waals surface area contributed by atoms with Gasteiger partial charge in [-0.1, -0.05) is 25.1 Å². The van der Waals surface area contributed by atoms with Crippen LogP contribution in [-0.4, -0.2) is 28.7 Å². The van der Waals surface area contributed by atoms with E-state index < -0.39 is 0 Å². The number of ketones is 1. The van der Waals surface area contributed by atoms with E-state index in [1.165, 1.54) is 0 Å². The summed E-state index contributed by atoms with van der Waals surface area (Å²) >= 11 is 0. The summed E-state index contributed by atoms with van der Waals surface area (Å²) in [7, 11) is 1.91. The molecule has 0 aliphatic carbocycles. The number of nitrogens with zero attached hydrogens (tertiary/aromatic N) is 2. The van der Waals surface area contributed by atoms with Gasteiger partial charge in [-0.3, -0.25) is 9.48 Å². The number of hydrogen-bond acceptors (Lipinski definition) is 3. The molecule has 4 nitrogen and oxygen atoms in total. The normalized spacial score (nSPS) is 11.0. The summed E-state index contributed by atoms with van der Waals surface area (Å²) in [5.74, 6) is 0.236. The average molecular weight is 245 g/mol. The molecule has 2 aromatic rings. The van der Waals surface area contributed by atoms with Crippen LogP contribution < -0.4 is 5.32 Å². The maximum Gasteiger partial charge on any atom is 0.140 e. The Hall–Kier alpha value is -1.68. The van der Waals surface area contributed by atoms with Gasteiger partial charge in [0.25, 0.3) is 0 Å². The SMILES string of the molecule is CCNCCC(=O)Cc1nn(C)c2ccccc12. The Morgan fingerprint density at radius 3 is 2.94 bits per heavy atom. The predicted molar refractivity (Wildman–Crippen MR) is 72.6 cm³/mol. The molecule has 0 aliphatic heterocycles. The van der Waals surface area contributed by atoms with Gasteiger partial charge in [0.05, 0.1) is 17.6 Å². The molecule has 1 aromatic carbocycles. The summed E-state index contributed by atoms with van der Waals surface area (Å²) in [6.45, 7) is 3.69. The summed E-state index contributed by atoms with van der Waals surface area (Å²) in [5.41, 5.74) is 1.96. The average Bonchev–Trinajstić information content (AvgIpc) is 2.67. The van der Waals surface area contributed by atoms with E-state index in [1.807, 2.05) is 42.9 Å². The molecule has 0 amide bonds. The maximum absolute atomic E-state index is 11.9. The first-order valence-electron chi connectivity index (χ1n) is 6.35. The fraction of sp³-hybridized carbons (Fsp3) is 0.429. The van der Waals surface area contributed by atoms with Crippen molar-refractivity contribution in [2.24, 2.45) is 7.05 Å². The van der Waals surface area contributed by atoms with Crippen LogP contribution in [0.25, 0.3) is 10.9 Å². The van der Waals surface area contributed by atoms with Crippen LogP contribution in [0.1, 0.15) is 19.0 Å². The van der Waals surface area contributed by atoms with Crippen molar-refractivity contribution in [1.82, 2.24) is 15.1 Å². The maximum atomic E-state index is 11.9. The van der Waals surface area contributed by atoms with Crippen LogP contribution in [0.15, 0.2) is 24.3 Å². The van der Waals surface area contributed by atoms with Crippen LogP contribution in [0.5, 0.6) is 0 Å². The molecule has 0 bridgehead atoms. The highest BCUT2D eigenvalue weighted by Gasteiger charge is 2.11.